The van der Waals surface area contributed by atoms with Crippen LogP contribution in [0.5, 0.6) is 0 Å². The molecule has 0 spiro atoms. The molecule has 0 radical (unpaired) electrons. The summed E-state index contributed by atoms with van der Waals surface area (Å²) in [5, 5.41) is 30.4. The number of rotatable bonds is 15. The summed E-state index contributed by atoms with van der Waals surface area (Å²) in [6.07, 6.45) is 14.3. The third kappa shape index (κ3) is 7.94. The van der Waals surface area contributed by atoms with Crippen molar-refractivity contribution in [3.8, 4) is 0 Å². The lowest BCUT2D eigenvalue weighted by Gasteiger charge is -2.29. The molecular weight excluding hydrogens is 314 g/mol. The van der Waals surface area contributed by atoms with Gasteiger partial charge in [0.2, 0.25) is 0 Å². The highest BCUT2D eigenvalue weighted by Crippen LogP contribution is 2.29. The second kappa shape index (κ2) is 14.0. The van der Waals surface area contributed by atoms with Crippen LogP contribution in [0.1, 0.15) is 97.3 Å². The highest BCUT2D eigenvalue weighted by Gasteiger charge is 2.46. The summed E-state index contributed by atoms with van der Waals surface area (Å²) in [5.41, 5.74) is 0. The number of hydrogen-bond donors (Lipinski definition) is 3. The number of likely N-dealkylation sites (tertiary alicyclic amines) is 1. The molecule has 1 fully saturated rings. The lowest BCUT2D eigenvalue weighted by Crippen LogP contribution is -2.42. The van der Waals surface area contributed by atoms with E-state index in [0.29, 0.717) is 0 Å². The fraction of sp³-hybridized carbons (Fsp3) is 1.00. The van der Waals surface area contributed by atoms with E-state index in [-0.39, 0.29) is 18.7 Å². The van der Waals surface area contributed by atoms with E-state index in [4.69, 9.17) is 0 Å². The van der Waals surface area contributed by atoms with Crippen LogP contribution < -0.4 is 0 Å². The molecule has 1 aliphatic heterocycles. The fourth-order valence-electron chi connectivity index (χ4n) is 4.18. The third-order valence-corrected chi connectivity index (χ3v) is 5.80. The number of aliphatic hydroxyl groups is 3. The molecule has 4 atom stereocenters. The van der Waals surface area contributed by atoms with Gasteiger partial charge in [-0.3, -0.25) is 4.90 Å². The molecule has 1 heterocycles. The molecule has 0 amide bonds. The zero-order valence-corrected chi connectivity index (χ0v) is 16.7. The number of unbranched alkanes of at least 4 members (excludes halogenated alkanes) is 10. The molecule has 0 aromatic rings. The van der Waals surface area contributed by atoms with Gasteiger partial charge in [-0.2, -0.15) is 0 Å². The van der Waals surface area contributed by atoms with Gasteiger partial charge in [0.05, 0.1) is 24.9 Å². The van der Waals surface area contributed by atoms with E-state index in [1.54, 1.807) is 0 Å². The van der Waals surface area contributed by atoms with Crippen LogP contribution in [0, 0.1) is 0 Å². The van der Waals surface area contributed by atoms with E-state index < -0.39 is 12.2 Å². The Labute approximate surface area is 155 Å². The summed E-state index contributed by atoms with van der Waals surface area (Å²) in [6, 6.07) is -0.287. The van der Waals surface area contributed by atoms with Crippen LogP contribution in [0.25, 0.3) is 0 Å². The molecule has 0 aliphatic carbocycles. The normalized spacial score (nSPS) is 27.2. The summed E-state index contributed by atoms with van der Waals surface area (Å²) in [5.74, 6) is 0. The minimum Gasteiger partial charge on any atom is -0.395 e. The SMILES string of the molecule is CCCCCCCC[C@H]1[C@@H](O)[C@H](O)[C@H](CO)N1CCCCCCCC. The molecule has 1 saturated heterocycles. The molecular formula is C21H43NO3. The van der Waals surface area contributed by atoms with E-state index in [1.807, 2.05) is 0 Å². The van der Waals surface area contributed by atoms with E-state index in [9.17, 15) is 15.3 Å². The molecule has 0 aromatic heterocycles. The molecule has 0 unspecified atom stereocenters. The maximum atomic E-state index is 10.4. The van der Waals surface area contributed by atoms with Crippen LogP contribution in [-0.4, -0.2) is 57.7 Å². The average molecular weight is 358 g/mol. The van der Waals surface area contributed by atoms with Crippen molar-refractivity contribution in [3.05, 3.63) is 0 Å². The maximum Gasteiger partial charge on any atom is 0.0991 e. The summed E-state index contributed by atoms with van der Waals surface area (Å²) in [6.45, 7) is 5.27. The van der Waals surface area contributed by atoms with E-state index >= 15 is 0 Å². The van der Waals surface area contributed by atoms with Crippen LogP contribution in [0.3, 0.4) is 0 Å². The van der Waals surface area contributed by atoms with Crippen LogP contribution in [-0.2, 0) is 0 Å². The van der Waals surface area contributed by atoms with Crippen LogP contribution >= 0.6 is 0 Å². The van der Waals surface area contributed by atoms with Gasteiger partial charge in [0.15, 0.2) is 0 Å². The van der Waals surface area contributed by atoms with Crippen LogP contribution in [0.4, 0.5) is 0 Å². The lowest BCUT2D eigenvalue weighted by molar-refractivity contribution is 0.0173. The molecule has 3 N–H and O–H groups in total. The van der Waals surface area contributed by atoms with E-state index in [0.717, 1.165) is 25.8 Å². The first kappa shape index (κ1) is 22.9. The third-order valence-electron chi connectivity index (χ3n) is 5.80. The fourth-order valence-corrected chi connectivity index (χ4v) is 4.18. The second-order valence-corrected chi connectivity index (χ2v) is 7.86. The first-order valence-corrected chi connectivity index (χ1v) is 10.9. The molecule has 4 nitrogen and oxygen atoms in total. The van der Waals surface area contributed by atoms with Crippen LogP contribution in [0.15, 0.2) is 0 Å². The zero-order chi connectivity index (χ0) is 18.5. The first-order chi connectivity index (χ1) is 12.2. The largest absolute Gasteiger partial charge is 0.395 e. The van der Waals surface area contributed by atoms with Gasteiger partial charge < -0.3 is 15.3 Å². The van der Waals surface area contributed by atoms with Crippen molar-refractivity contribution in [2.24, 2.45) is 0 Å². The van der Waals surface area contributed by atoms with Crippen molar-refractivity contribution < 1.29 is 15.3 Å². The van der Waals surface area contributed by atoms with Gasteiger partial charge in [-0.05, 0) is 19.4 Å². The van der Waals surface area contributed by atoms with Gasteiger partial charge in [0.25, 0.3) is 0 Å². The average Bonchev–Trinajstić information content (AvgIpc) is 2.84. The van der Waals surface area contributed by atoms with Gasteiger partial charge in [0, 0.05) is 6.04 Å². The Morgan fingerprint density at radius 2 is 1.12 bits per heavy atom. The van der Waals surface area contributed by atoms with Crippen molar-refractivity contribution >= 4 is 0 Å². The quantitative estimate of drug-likeness (QED) is 0.389. The van der Waals surface area contributed by atoms with Gasteiger partial charge in [-0.15, -0.1) is 0 Å². The van der Waals surface area contributed by atoms with Crippen molar-refractivity contribution in [3.63, 3.8) is 0 Å². The molecule has 25 heavy (non-hydrogen) atoms. The lowest BCUT2D eigenvalue weighted by atomic mass is 10.0. The van der Waals surface area contributed by atoms with Crippen molar-refractivity contribution in [1.82, 2.24) is 4.90 Å². The Morgan fingerprint density at radius 3 is 1.68 bits per heavy atom. The molecule has 150 valence electrons. The monoisotopic (exact) mass is 357 g/mol. The van der Waals surface area contributed by atoms with Crippen molar-refractivity contribution in [1.29, 1.82) is 0 Å². The molecule has 1 aliphatic rings. The molecule has 4 heteroatoms. The highest BCUT2D eigenvalue weighted by molar-refractivity contribution is 5.00. The Morgan fingerprint density at radius 1 is 0.640 bits per heavy atom. The minimum atomic E-state index is -0.810. The highest BCUT2D eigenvalue weighted by atomic mass is 16.3. The number of nitrogens with zero attached hydrogens (tertiary/aromatic N) is 1. The summed E-state index contributed by atoms with van der Waals surface area (Å²) in [7, 11) is 0. The minimum absolute atomic E-state index is 0.00830. The Hall–Kier alpha value is -0.160. The molecule has 1 rings (SSSR count). The summed E-state index contributed by atoms with van der Waals surface area (Å²) in [4.78, 5) is 2.20. The van der Waals surface area contributed by atoms with Gasteiger partial charge in [-0.25, -0.2) is 0 Å². The maximum absolute atomic E-state index is 10.4. The molecule has 0 aromatic carbocycles. The Kier molecular flexibility index (Phi) is 12.8. The Balaban J connectivity index is 2.39. The van der Waals surface area contributed by atoms with Crippen LogP contribution in [0.2, 0.25) is 0 Å². The second-order valence-electron chi connectivity index (χ2n) is 7.86. The predicted octanol–water partition coefficient (Wildman–Crippen LogP) is 3.86. The zero-order valence-electron chi connectivity index (χ0n) is 16.7. The standard InChI is InChI=1S/C21H43NO3/c1-3-5-7-9-11-13-15-18-20(24)21(25)19(17-23)22(18)16-14-12-10-8-6-4-2/h18-21,23-25H,3-17H2,1-2H3/t18-,19-,20+,21+/m0/s1. The first-order valence-electron chi connectivity index (χ1n) is 10.9. The number of aliphatic hydroxyl groups excluding tert-OH is 3. The molecule has 0 bridgehead atoms. The topological polar surface area (TPSA) is 63.9 Å². The molecule has 0 saturated carbocycles. The smallest absolute Gasteiger partial charge is 0.0991 e. The van der Waals surface area contributed by atoms with E-state index in [1.165, 1.54) is 64.2 Å². The van der Waals surface area contributed by atoms with Gasteiger partial charge in [0.1, 0.15) is 0 Å². The predicted molar refractivity (Wildman–Crippen MR) is 105 cm³/mol. The Bertz CT molecular complexity index is 314. The van der Waals surface area contributed by atoms with Gasteiger partial charge in [-0.1, -0.05) is 84.5 Å². The summed E-state index contributed by atoms with van der Waals surface area (Å²) >= 11 is 0. The summed E-state index contributed by atoms with van der Waals surface area (Å²) < 4.78 is 0. The van der Waals surface area contributed by atoms with Gasteiger partial charge >= 0.3 is 0 Å². The van der Waals surface area contributed by atoms with E-state index in [2.05, 4.69) is 18.7 Å². The van der Waals surface area contributed by atoms with Crippen molar-refractivity contribution in [2.75, 3.05) is 13.2 Å². The number of hydrogen-bond acceptors (Lipinski definition) is 4. The van der Waals surface area contributed by atoms with Crippen molar-refractivity contribution in [2.45, 2.75) is 122 Å².